The van der Waals surface area contributed by atoms with E-state index in [0.717, 1.165) is 25.9 Å². The van der Waals surface area contributed by atoms with Gasteiger partial charge in [0.2, 0.25) is 0 Å². The zero-order valence-corrected chi connectivity index (χ0v) is 9.40. The molecule has 4 nitrogen and oxygen atoms in total. The van der Waals surface area contributed by atoms with Gasteiger partial charge in [-0.25, -0.2) is 0 Å². The molecule has 1 heterocycles. The first-order chi connectivity index (χ1) is 7.19. The van der Waals surface area contributed by atoms with Crippen molar-refractivity contribution >= 4 is 5.97 Å². The summed E-state index contributed by atoms with van der Waals surface area (Å²) in [6.45, 7) is 3.74. The Bertz CT molecular complexity index is 260. The van der Waals surface area contributed by atoms with E-state index in [2.05, 4.69) is 11.0 Å². The highest BCUT2D eigenvalue weighted by molar-refractivity contribution is 5.72. The summed E-state index contributed by atoms with van der Waals surface area (Å²) in [6, 6.07) is 2.40. The number of nitriles is 1. The quantitative estimate of drug-likeness (QED) is 0.656. The highest BCUT2D eigenvalue weighted by atomic mass is 16.5. The fourth-order valence-electron chi connectivity index (χ4n) is 2.03. The number of nitrogens with zero attached hydrogens (tertiary/aromatic N) is 2. The van der Waals surface area contributed by atoms with Crippen LogP contribution in [-0.4, -0.2) is 37.1 Å². The van der Waals surface area contributed by atoms with E-state index >= 15 is 0 Å². The van der Waals surface area contributed by atoms with Crippen LogP contribution in [0.3, 0.4) is 0 Å². The maximum atomic E-state index is 11.4. The van der Waals surface area contributed by atoms with E-state index in [0.29, 0.717) is 6.42 Å². The van der Waals surface area contributed by atoms with Gasteiger partial charge in [-0.1, -0.05) is 0 Å². The van der Waals surface area contributed by atoms with Crippen LogP contribution in [0, 0.1) is 17.2 Å². The number of rotatable bonds is 3. The lowest BCUT2D eigenvalue weighted by atomic mass is 9.96. The molecule has 0 amide bonds. The Morgan fingerprint density at radius 2 is 2.47 bits per heavy atom. The molecule has 1 rings (SSSR count). The van der Waals surface area contributed by atoms with Gasteiger partial charge in [-0.2, -0.15) is 5.26 Å². The lowest BCUT2D eigenvalue weighted by molar-refractivity contribution is -0.147. The van der Waals surface area contributed by atoms with Gasteiger partial charge in [0.1, 0.15) is 0 Å². The molecular formula is C11H18N2O2. The van der Waals surface area contributed by atoms with Crippen LogP contribution in [0.25, 0.3) is 0 Å². The molecule has 84 valence electrons. The van der Waals surface area contributed by atoms with Crippen LogP contribution in [0.5, 0.6) is 0 Å². The van der Waals surface area contributed by atoms with E-state index in [1.165, 1.54) is 7.11 Å². The largest absolute Gasteiger partial charge is 0.469 e. The first-order valence-corrected chi connectivity index (χ1v) is 5.38. The van der Waals surface area contributed by atoms with E-state index in [1.807, 2.05) is 6.92 Å². The monoisotopic (exact) mass is 210 g/mol. The predicted molar refractivity (Wildman–Crippen MR) is 56.0 cm³/mol. The lowest BCUT2D eigenvalue weighted by Crippen LogP contribution is -2.43. The number of methoxy groups -OCH3 is 1. The molecule has 15 heavy (non-hydrogen) atoms. The summed E-state index contributed by atoms with van der Waals surface area (Å²) in [5.41, 5.74) is 0. The molecule has 1 aliphatic rings. The molecular weight excluding hydrogens is 192 g/mol. The van der Waals surface area contributed by atoms with Gasteiger partial charge >= 0.3 is 5.97 Å². The normalized spacial score (nSPS) is 24.2. The Labute approximate surface area is 90.8 Å². The summed E-state index contributed by atoms with van der Waals surface area (Å²) < 4.78 is 4.75. The van der Waals surface area contributed by atoms with E-state index in [-0.39, 0.29) is 17.9 Å². The van der Waals surface area contributed by atoms with Gasteiger partial charge in [-0.05, 0) is 26.3 Å². The maximum Gasteiger partial charge on any atom is 0.309 e. The van der Waals surface area contributed by atoms with E-state index in [9.17, 15) is 4.79 Å². The third kappa shape index (κ3) is 3.21. The number of hydrogen-bond donors (Lipinski definition) is 0. The van der Waals surface area contributed by atoms with Crippen LogP contribution < -0.4 is 0 Å². The van der Waals surface area contributed by atoms with Gasteiger partial charge in [-0.3, -0.25) is 9.69 Å². The van der Waals surface area contributed by atoms with Crippen LogP contribution in [-0.2, 0) is 9.53 Å². The van der Waals surface area contributed by atoms with Crippen molar-refractivity contribution in [2.45, 2.75) is 32.2 Å². The Morgan fingerprint density at radius 3 is 3.07 bits per heavy atom. The fraction of sp³-hybridized carbons (Fsp3) is 0.818. The number of carbonyl (C=O) groups excluding carboxylic acids is 1. The molecule has 0 aliphatic carbocycles. The van der Waals surface area contributed by atoms with Crippen molar-refractivity contribution < 1.29 is 9.53 Å². The topological polar surface area (TPSA) is 53.3 Å². The van der Waals surface area contributed by atoms with E-state index in [1.54, 1.807) is 0 Å². The van der Waals surface area contributed by atoms with Crippen molar-refractivity contribution in [1.82, 2.24) is 4.90 Å². The van der Waals surface area contributed by atoms with Gasteiger partial charge < -0.3 is 4.74 Å². The van der Waals surface area contributed by atoms with Crippen molar-refractivity contribution in [2.24, 2.45) is 5.92 Å². The minimum atomic E-state index is -0.121. The molecule has 0 N–H and O–H groups in total. The molecule has 1 unspecified atom stereocenters. The summed E-state index contributed by atoms with van der Waals surface area (Å²) in [7, 11) is 1.43. The van der Waals surface area contributed by atoms with Gasteiger partial charge in [0.25, 0.3) is 0 Å². The fourth-order valence-corrected chi connectivity index (χ4v) is 2.03. The summed E-state index contributed by atoms with van der Waals surface area (Å²) in [6.07, 6.45) is 2.44. The Morgan fingerprint density at radius 1 is 1.73 bits per heavy atom. The summed E-state index contributed by atoms with van der Waals surface area (Å²) in [4.78, 5) is 13.6. The summed E-state index contributed by atoms with van der Waals surface area (Å²) in [5.74, 6) is -0.131. The van der Waals surface area contributed by atoms with Crippen molar-refractivity contribution in [3.63, 3.8) is 0 Å². The van der Waals surface area contributed by atoms with E-state index < -0.39 is 0 Å². The van der Waals surface area contributed by atoms with Gasteiger partial charge in [0, 0.05) is 12.6 Å². The minimum absolute atomic E-state index is 0.00936. The zero-order valence-electron chi connectivity index (χ0n) is 9.40. The average Bonchev–Trinajstić information content (AvgIpc) is 2.28. The van der Waals surface area contributed by atoms with Crippen LogP contribution in [0.4, 0.5) is 0 Å². The molecule has 0 saturated carbocycles. The molecule has 0 aromatic rings. The number of hydrogen-bond acceptors (Lipinski definition) is 4. The highest BCUT2D eigenvalue weighted by Crippen LogP contribution is 2.20. The van der Waals surface area contributed by atoms with Crippen LogP contribution in [0.2, 0.25) is 0 Å². The van der Waals surface area contributed by atoms with E-state index in [4.69, 9.17) is 10.00 Å². The molecule has 0 bridgehead atoms. The van der Waals surface area contributed by atoms with Crippen molar-refractivity contribution in [3.8, 4) is 6.07 Å². The zero-order chi connectivity index (χ0) is 11.3. The van der Waals surface area contributed by atoms with Crippen LogP contribution in [0.15, 0.2) is 0 Å². The molecule has 4 heteroatoms. The van der Waals surface area contributed by atoms with Gasteiger partial charge in [-0.15, -0.1) is 0 Å². The summed E-state index contributed by atoms with van der Waals surface area (Å²) in [5, 5.41) is 8.62. The molecule has 2 atom stereocenters. The first-order valence-electron chi connectivity index (χ1n) is 5.38. The number of likely N-dealkylation sites (tertiary alicyclic amines) is 1. The molecule has 0 radical (unpaired) electrons. The van der Waals surface area contributed by atoms with Crippen LogP contribution >= 0.6 is 0 Å². The van der Waals surface area contributed by atoms with Gasteiger partial charge in [0.15, 0.2) is 0 Å². The third-order valence-corrected chi connectivity index (χ3v) is 3.00. The molecule has 0 spiro atoms. The Kier molecular flexibility index (Phi) is 4.57. The molecule has 0 aromatic carbocycles. The first kappa shape index (κ1) is 12.0. The van der Waals surface area contributed by atoms with Crippen molar-refractivity contribution in [2.75, 3.05) is 20.2 Å². The third-order valence-electron chi connectivity index (χ3n) is 3.00. The standard InChI is InChI=1S/C11H18N2O2/c1-9(5-6-12)13-7-3-4-10(8-13)11(14)15-2/h9-10H,3-5,7-8H2,1-2H3/t9?,10-/m0/s1. The predicted octanol–water partition coefficient (Wildman–Crippen LogP) is 1.17. The Hall–Kier alpha value is -1.08. The molecule has 1 saturated heterocycles. The number of esters is 1. The van der Waals surface area contributed by atoms with Crippen molar-refractivity contribution in [3.05, 3.63) is 0 Å². The SMILES string of the molecule is COC(=O)[C@H]1CCCN(C(C)CC#N)C1. The lowest BCUT2D eigenvalue weighted by Gasteiger charge is -2.34. The number of piperidine rings is 1. The van der Waals surface area contributed by atoms with Crippen LogP contribution in [0.1, 0.15) is 26.2 Å². The van der Waals surface area contributed by atoms with Crippen molar-refractivity contribution in [1.29, 1.82) is 5.26 Å². The number of carbonyl (C=O) groups is 1. The second-order valence-electron chi connectivity index (χ2n) is 4.07. The Balaban J connectivity index is 2.49. The molecule has 1 aliphatic heterocycles. The minimum Gasteiger partial charge on any atom is -0.469 e. The second-order valence-corrected chi connectivity index (χ2v) is 4.07. The molecule has 1 fully saturated rings. The average molecular weight is 210 g/mol. The van der Waals surface area contributed by atoms with Gasteiger partial charge in [0.05, 0.1) is 25.5 Å². The number of ether oxygens (including phenoxy) is 1. The second kappa shape index (κ2) is 5.72. The highest BCUT2D eigenvalue weighted by Gasteiger charge is 2.28. The molecule has 0 aromatic heterocycles. The smallest absolute Gasteiger partial charge is 0.309 e. The summed E-state index contributed by atoms with van der Waals surface area (Å²) >= 11 is 0. The maximum absolute atomic E-state index is 11.4.